The minimum atomic E-state index is -0.333. The average Bonchev–Trinajstić information content (AvgIpc) is 3.07. The molecule has 1 saturated heterocycles. The molecule has 4 aromatic rings. The molecule has 7 heteroatoms. The normalized spacial score (nSPS) is 25.8. The Balaban J connectivity index is 1.09. The summed E-state index contributed by atoms with van der Waals surface area (Å²) >= 11 is 0.373. The van der Waals surface area contributed by atoms with Crippen LogP contribution in [0.15, 0.2) is 103 Å². The fourth-order valence-electron chi connectivity index (χ4n) is 8.20. The van der Waals surface area contributed by atoms with E-state index in [4.69, 9.17) is 4.74 Å². The van der Waals surface area contributed by atoms with Crippen molar-refractivity contribution in [1.82, 2.24) is 5.01 Å². The maximum atomic E-state index is 11.2. The van der Waals surface area contributed by atoms with Crippen molar-refractivity contribution in [3.63, 3.8) is 0 Å². The van der Waals surface area contributed by atoms with Crippen LogP contribution >= 0.6 is 0 Å². The van der Waals surface area contributed by atoms with Gasteiger partial charge in [-0.25, -0.2) is 0 Å². The van der Waals surface area contributed by atoms with Crippen LogP contribution in [0.2, 0.25) is 5.32 Å². The number of rotatable bonds is 9. The van der Waals surface area contributed by atoms with Gasteiger partial charge < -0.3 is 0 Å². The van der Waals surface area contributed by atoms with Crippen molar-refractivity contribution >= 4 is 30.8 Å². The van der Waals surface area contributed by atoms with Crippen LogP contribution in [-0.2, 0) is 13.0 Å². The van der Waals surface area contributed by atoms with Crippen molar-refractivity contribution in [3.05, 3.63) is 130 Å². The zero-order valence-corrected chi connectivity index (χ0v) is 27.5. The van der Waals surface area contributed by atoms with Gasteiger partial charge in [0.2, 0.25) is 0 Å². The Morgan fingerprint density at radius 1 is 0.978 bits per heavy atom. The van der Waals surface area contributed by atoms with E-state index in [1.54, 1.807) is 17.7 Å². The second-order valence-corrected chi connectivity index (χ2v) is 15.6. The second-order valence-electron chi connectivity index (χ2n) is 13.3. The number of non-ortho nitro benzene ring substituents is 1. The van der Waals surface area contributed by atoms with Gasteiger partial charge in [-0.1, -0.05) is 30.3 Å². The number of piperidine rings is 1. The zero-order valence-electron chi connectivity index (χ0n) is 25.8. The first-order chi connectivity index (χ1) is 21.9. The van der Waals surface area contributed by atoms with E-state index >= 15 is 0 Å². The van der Waals surface area contributed by atoms with Crippen molar-refractivity contribution in [3.8, 4) is 5.75 Å². The van der Waals surface area contributed by atoms with Crippen molar-refractivity contribution in [1.29, 1.82) is 0 Å². The topological polar surface area (TPSA) is 67.6 Å². The zero-order chi connectivity index (χ0) is 30.8. The summed E-state index contributed by atoms with van der Waals surface area (Å²) in [6.07, 6.45) is 5.97. The summed E-state index contributed by atoms with van der Waals surface area (Å²) in [6.45, 7) is 4.11. The van der Waals surface area contributed by atoms with Gasteiger partial charge in [0.1, 0.15) is 0 Å². The molecule has 2 aliphatic carbocycles. The number of aryl methyl sites for hydroxylation is 1. The number of ether oxygens (including phenoxy) is 1. The number of nitro groups is 1. The van der Waals surface area contributed by atoms with Gasteiger partial charge >= 0.3 is 237 Å². The van der Waals surface area contributed by atoms with Crippen molar-refractivity contribution in [2.45, 2.75) is 62.9 Å². The summed E-state index contributed by atoms with van der Waals surface area (Å²) < 4.78 is 7.65. The second kappa shape index (κ2) is 13.0. The van der Waals surface area contributed by atoms with Crippen LogP contribution in [0.4, 0.5) is 11.4 Å². The van der Waals surface area contributed by atoms with Crippen LogP contribution in [-0.4, -0.2) is 37.5 Å². The number of hydrazine groups is 1. The molecule has 0 unspecified atom stereocenters. The number of nitrogens with zero attached hydrogens (tertiary/aromatic N) is 2. The van der Waals surface area contributed by atoms with Gasteiger partial charge in [-0.05, 0) is 5.56 Å². The van der Waals surface area contributed by atoms with Crippen LogP contribution < -0.4 is 14.6 Å². The van der Waals surface area contributed by atoms with E-state index in [0.717, 1.165) is 29.7 Å². The van der Waals surface area contributed by atoms with E-state index in [1.807, 2.05) is 18.2 Å². The van der Waals surface area contributed by atoms with Gasteiger partial charge in [0.05, 0.1) is 0 Å². The van der Waals surface area contributed by atoms with E-state index in [0.29, 0.717) is 45.4 Å². The molecule has 1 aliphatic heterocycles. The molecule has 1 heterocycles. The standard InChI is InChI=1S/C38H41N3O3Se/c1-38-21-20-35-34-19-17-32(44-24-27-8-4-2-5-9-27)22-28(34)12-18-36(35)37(38)23-31(25-45-33-10-6-3-7-11-33)40(26-38)39-29-13-15-30(16-14-29)41(42)43/h2-11,13-17,19,22,31,35-37,39H,12,18,20-21,23-26H2,1H3/t31-,35+,36+,37-,38-/m0/s1. The average molecular weight is 667 g/mol. The molecule has 45 heavy (non-hydrogen) atoms. The molecule has 2 fully saturated rings. The SMILES string of the molecule is C[C@@]12CC[C@@H]3c4ccc(OCc5ccccc5)cc4CC[C@H]3[C@@H]1C[C@@H](C[Se]c1ccccc1)N(Nc1ccc([N+](=O)[O-])cc1)C2. The molecule has 6 nitrogen and oxygen atoms in total. The van der Waals surface area contributed by atoms with E-state index in [9.17, 15) is 10.1 Å². The Hall–Kier alpha value is -3.64. The molecule has 7 rings (SSSR count). The predicted octanol–water partition coefficient (Wildman–Crippen LogP) is 7.79. The Labute approximate surface area is 272 Å². The van der Waals surface area contributed by atoms with E-state index in [2.05, 4.69) is 90.2 Å². The Morgan fingerprint density at radius 2 is 1.73 bits per heavy atom. The monoisotopic (exact) mass is 667 g/mol. The number of nitrogens with one attached hydrogen (secondary N) is 1. The van der Waals surface area contributed by atoms with Gasteiger partial charge in [-0.15, -0.1) is 0 Å². The minimum absolute atomic E-state index is 0.126. The Morgan fingerprint density at radius 3 is 2.49 bits per heavy atom. The number of hydrogen-bond acceptors (Lipinski definition) is 5. The van der Waals surface area contributed by atoms with Crippen LogP contribution in [0, 0.1) is 27.4 Å². The molecule has 0 aromatic heterocycles. The third-order valence-electron chi connectivity index (χ3n) is 10.5. The first-order valence-electron chi connectivity index (χ1n) is 16.2. The van der Waals surface area contributed by atoms with Crippen molar-refractivity contribution < 1.29 is 9.66 Å². The maximum absolute atomic E-state index is 11.2. The van der Waals surface area contributed by atoms with E-state index in [-0.39, 0.29) is 16.0 Å². The quantitative estimate of drug-likeness (QED) is 0.112. The number of nitro benzene ring substituents is 1. The van der Waals surface area contributed by atoms with Crippen LogP contribution in [0.25, 0.3) is 0 Å². The number of benzene rings is 4. The van der Waals surface area contributed by atoms with Crippen molar-refractivity contribution in [2.24, 2.45) is 17.3 Å². The molecule has 1 N–H and O–H groups in total. The van der Waals surface area contributed by atoms with E-state index in [1.165, 1.54) is 41.3 Å². The molecule has 4 aromatic carbocycles. The molecular weight excluding hydrogens is 625 g/mol. The molecule has 232 valence electrons. The summed E-state index contributed by atoms with van der Waals surface area (Å²) in [5.41, 5.74) is 9.21. The summed E-state index contributed by atoms with van der Waals surface area (Å²) in [7, 11) is 0. The van der Waals surface area contributed by atoms with Gasteiger partial charge in [0.15, 0.2) is 0 Å². The molecular formula is C38H41N3O3Se. The molecule has 5 atom stereocenters. The van der Waals surface area contributed by atoms with Crippen molar-refractivity contribution in [2.75, 3.05) is 12.0 Å². The fourth-order valence-corrected chi connectivity index (χ4v) is 10.4. The Kier molecular flexibility index (Phi) is 8.68. The summed E-state index contributed by atoms with van der Waals surface area (Å²) in [6, 6.07) is 35.5. The molecule has 1 saturated carbocycles. The number of fused-ring (bicyclic) bond motifs is 5. The first kappa shape index (κ1) is 30.0. The third-order valence-corrected chi connectivity index (χ3v) is 12.9. The van der Waals surface area contributed by atoms with Crippen LogP contribution in [0.5, 0.6) is 5.75 Å². The van der Waals surface area contributed by atoms with Gasteiger partial charge in [-0.3, -0.25) is 0 Å². The molecule has 0 spiro atoms. The van der Waals surface area contributed by atoms with Gasteiger partial charge in [0, 0.05) is 0 Å². The molecule has 0 radical (unpaired) electrons. The molecule has 0 amide bonds. The Bertz CT molecular complexity index is 1620. The first-order valence-corrected chi connectivity index (χ1v) is 18.3. The summed E-state index contributed by atoms with van der Waals surface area (Å²) in [5, 5.41) is 14.9. The summed E-state index contributed by atoms with van der Waals surface area (Å²) in [4.78, 5) is 10.9. The van der Waals surface area contributed by atoms with Gasteiger partial charge in [-0.2, -0.15) is 0 Å². The fraction of sp³-hybridized carbons (Fsp3) is 0.368. The molecule has 0 bridgehead atoms. The third kappa shape index (κ3) is 6.53. The number of anilines is 1. The van der Waals surface area contributed by atoms with Crippen LogP contribution in [0.3, 0.4) is 0 Å². The van der Waals surface area contributed by atoms with E-state index < -0.39 is 0 Å². The number of hydrogen-bond donors (Lipinski definition) is 1. The van der Waals surface area contributed by atoms with Gasteiger partial charge in [0.25, 0.3) is 0 Å². The summed E-state index contributed by atoms with van der Waals surface area (Å²) in [5.74, 6) is 2.96. The van der Waals surface area contributed by atoms with Crippen LogP contribution in [0.1, 0.15) is 55.2 Å². The predicted molar refractivity (Wildman–Crippen MR) is 181 cm³/mol. The molecule has 3 aliphatic rings.